The summed E-state index contributed by atoms with van der Waals surface area (Å²) < 4.78 is 11.2. The standard InChI is InChI=1S/C18H25NO4/c20-18(21)10-15-3-1-14(2-4-15)9-16-5-6-19(11-16)17-12-22-7-8-23-13-17/h1-4,16-17H,5-13H2,(H,20,21). The molecule has 1 unspecified atom stereocenters. The molecule has 0 radical (unpaired) electrons. The number of carbonyl (C=O) groups is 1. The first-order valence-corrected chi connectivity index (χ1v) is 8.40. The molecule has 2 saturated heterocycles. The van der Waals surface area contributed by atoms with Crippen LogP contribution >= 0.6 is 0 Å². The molecular formula is C18H25NO4. The van der Waals surface area contributed by atoms with Gasteiger partial charge in [-0.25, -0.2) is 0 Å². The lowest BCUT2D eigenvalue weighted by atomic mass is 9.97. The fraction of sp³-hybridized carbons (Fsp3) is 0.611. The van der Waals surface area contributed by atoms with Gasteiger partial charge in [0.1, 0.15) is 0 Å². The fourth-order valence-corrected chi connectivity index (χ4v) is 3.48. The Morgan fingerprint density at radius 1 is 1.13 bits per heavy atom. The van der Waals surface area contributed by atoms with E-state index in [2.05, 4.69) is 17.0 Å². The third kappa shape index (κ3) is 4.77. The summed E-state index contributed by atoms with van der Waals surface area (Å²) in [6, 6.07) is 8.39. The van der Waals surface area contributed by atoms with Gasteiger partial charge in [0.25, 0.3) is 0 Å². The van der Waals surface area contributed by atoms with E-state index in [9.17, 15) is 4.79 Å². The maximum atomic E-state index is 10.7. The number of benzene rings is 1. The summed E-state index contributed by atoms with van der Waals surface area (Å²) in [5.41, 5.74) is 2.15. The monoisotopic (exact) mass is 319 g/mol. The van der Waals surface area contributed by atoms with E-state index in [4.69, 9.17) is 14.6 Å². The largest absolute Gasteiger partial charge is 0.481 e. The summed E-state index contributed by atoms with van der Waals surface area (Å²) in [7, 11) is 0. The van der Waals surface area contributed by atoms with Gasteiger partial charge in [-0.05, 0) is 36.4 Å². The van der Waals surface area contributed by atoms with Crippen molar-refractivity contribution in [3.05, 3.63) is 35.4 Å². The first-order valence-electron chi connectivity index (χ1n) is 8.40. The maximum Gasteiger partial charge on any atom is 0.307 e. The molecule has 0 aliphatic carbocycles. The van der Waals surface area contributed by atoms with E-state index >= 15 is 0 Å². The van der Waals surface area contributed by atoms with Crippen molar-refractivity contribution in [1.82, 2.24) is 4.90 Å². The second-order valence-electron chi connectivity index (χ2n) is 6.54. The van der Waals surface area contributed by atoms with E-state index < -0.39 is 5.97 Å². The summed E-state index contributed by atoms with van der Waals surface area (Å²) >= 11 is 0. The molecule has 2 aliphatic rings. The summed E-state index contributed by atoms with van der Waals surface area (Å²) in [5.74, 6) is -0.124. The van der Waals surface area contributed by atoms with Crippen LogP contribution in [0.2, 0.25) is 0 Å². The van der Waals surface area contributed by atoms with Gasteiger partial charge in [-0.3, -0.25) is 9.69 Å². The first-order chi connectivity index (χ1) is 11.2. The van der Waals surface area contributed by atoms with Gasteiger partial charge in [-0.15, -0.1) is 0 Å². The van der Waals surface area contributed by atoms with E-state index in [1.54, 1.807) is 0 Å². The number of rotatable bonds is 5. The van der Waals surface area contributed by atoms with Gasteiger partial charge in [0.15, 0.2) is 0 Å². The molecule has 5 nitrogen and oxygen atoms in total. The van der Waals surface area contributed by atoms with Crippen LogP contribution in [0.3, 0.4) is 0 Å². The van der Waals surface area contributed by atoms with E-state index in [-0.39, 0.29) is 6.42 Å². The molecule has 1 N–H and O–H groups in total. The lowest BCUT2D eigenvalue weighted by Gasteiger charge is -2.25. The van der Waals surface area contributed by atoms with Crippen LogP contribution in [0.4, 0.5) is 0 Å². The summed E-state index contributed by atoms with van der Waals surface area (Å²) in [4.78, 5) is 13.2. The van der Waals surface area contributed by atoms with Crippen LogP contribution in [0.25, 0.3) is 0 Å². The molecule has 0 aromatic heterocycles. The second kappa shape index (κ2) is 7.90. The molecule has 1 aromatic carbocycles. The van der Waals surface area contributed by atoms with Crippen LogP contribution in [0.15, 0.2) is 24.3 Å². The molecule has 126 valence electrons. The van der Waals surface area contributed by atoms with Crippen molar-refractivity contribution in [2.24, 2.45) is 5.92 Å². The van der Waals surface area contributed by atoms with E-state index in [0.717, 1.165) is 38.3 Å². The van der Waals surface area contributed by atoms with Gasteiger partial charge in [0.05, 0.1) is 38.9 Å². The Balaban J connectivity index is 1.50. The second-order valence-corrected chi connectivity index (χ2v) is 6.54. The minimum atomic E-state index is -0.781. The van der Waals surface area contributed by atoms with E-state index in [0.29, 0.717) is 25.2 Å². The van der Waals surface area contributed by atoms with Gasteiger partial charge >= 0.3 is 5.97 Å². The Labute approximate surface area is 137 Å². The van der Waals surface area contributed by atoms with Crippen molar-refractivity contribution in [1.29, 1.82) is 0 Å². The molecule has 1 aromatic rings. The van der Waals surface area contributed by atoms with Gasteiger partial charge < -0.3 is 14.6 Å². The van der Waals surface area contributed by atoms with Gasteiger partial charge in [0.2, 0.25) is 0 Å². The molecule has 1 atom stereocenters. The quantitative estimate of drug-likeness (QED) is 0.893. The number of aliphatic carboxylic acids is 1. The molecule has 0 spiro atoms. The van der Waals surface area contributed by atoms with Crippen molar-refractivity contribution in [2.75, 3.05) is 39.5 Å². The summed E-state index contributed by atoms with van der Waals surface area (Å²) in [6.07, 6.45) is 2.35. The molecule has 5 heteroatoms. The molecule has 2 aliphatic heterocycles. The number of carboxylic acids is 1. The predicted octanol–water partition coefficient (Wildman–Crippen LogP) is 1.59. The highest BCUT2D eigenvalue weighted by Gasteiger charge is 2.29. The van der Waals surface area contributed by atoms with Gasteiger partial charge in [-0.1, -0.05) is 24.3 Å². The number of likely N-dealkylation sites (tertiary alicyclic amines) is 1. The van der Waals surface area contributed by atoms with Crippen LogP contribution in [-0.2, 0) is 27.1 Å². The van der Waals surface area contributed by atoms with Crippen molar-refractivity contribution >= 4 is 5.97 Å². The zero-order valence-electron chi connectivity index (χ0n) is 13.4. The number of nitrogens with zero attached hydrogens (tertiary/aromatic N) is 1. The van der Waals surface area contributed by atoms with Gasteiger partial charge in [-0.2, -0.15) is 0 Å². The van der Waals surface area contributed by atoms with Crippen LogP contribution < -0.4 is 0 Å². The minimum Gasteiger partial charge on any atom is -0.481 e. The van der Waals surface area contributed by atoms with Crippen LogP contribution in [0.5, 0.6) is 0 Å². The number of hydrogen-bond donors (Lipinski definition) is 1. The van der Waals surface area contributed by atoms with Crippen molar-refractivity contribution in [3.63, 3.8) is 0 Å². The van der Waals surface area contributed by atoms with E-state index in [1.165, 1.54) is 12.0 Å². The molecular weight excluding hydrogens is 294 g/mol. The average Bonchev–Trinajstić information content (AvgIpc) is 2.82. The Bertz CT molecular complexity index is 508. The molecule has 23 heavy (non-hydrogen) atoms. The summed E-state index contributed by atoms with van der Waals surface area (Å²) in [5, 5.41) is 8.81. The highest BCUT2D eigenvalue weighted by atomic mass is 16.5. The predicted molar refractivity (Wildman–Crippen MR) is 86.6 cm³/mol. The fourth-order valence-electron chi connectivity index (χ4n) is 3.48. The van der Waals surface area contributed by atoms with E-state index in [1.807, 2.05) is 12.1 Å². The highest BCUT2D eigenvalue weighted by Crippen LogP contribution is 2.23. The Kier molecular flexibility index (Phi) is 5.65. The minimum absolute atomic E-state index is 0.0964. The molecule has 3 rings (SSSR count). The number of hydrogen-bond acceptors (Lipinski definition) is 4. The third-order valence-corrected chi connectivity index (χ3v) is 4.73. The smallest absolute Gasteiger partial charge is 0.307 e. The third-order valence-electron chi connectivity index (χ3n) is 4.73. The topological polar surface area (TPSA) is 59.0 Å². The molecule has 0 bridgehead atoms. The number of ether oxygens (including phenoxy) is 2. The zero-order chi connectivity index (χ0) is 16.1. The zero-order valence-corrected chi connectivity index (χ0v) is 13.4. The molecule has 0 saturated carbocycles. The molecule has 2 fully saturated rings. The van der Waals surface area contributed by atoms with Crippen molar-refractivity contribution < 1.29 is 19.4 Å². The van der Waals surface area contributed by atoms with Crippen molar-refractivity contribution in [3.8, 4) is 0 Å². The van der Waals surface area contributed by atoms with Crippen LogP contribution in [0, 0.1) is 5.92 Å². The van der Waals surface area contributed by atoms with Crippen LogP contribution in [-0.4, -0.2) is 61.5 Å². The Morgan fingerprint density at radius 3 is 2.43 bits per heavy atom. The Morgan fingerprint density at radius 2 is 1.78 bits per heavy atom. The highest BCUT2D eigenvalue weighted by molar-refractivity contribution is 5.70. The number of carboxylic acid groups (broad SMARTS) is 1. The SMILES string of the molecule is O=C(O)Cc1ccc(CC2CCN(C3COCCOC3)C2)cc1. The maximum absolute atomic E-state index is 10.7. The average molecular weight is 319 g/mol. The Hall–Kier alpha value is -1.43. The van der Waals surface area contributed by atoms with Crippen LogP contribution in [0.1, 0.15) is 17.5 Å². The van der Waals surface area contributed by atoms with Gasteiger partial charge in [0, 0.05) is 6.54 Å². The first kappa shape index (κ1) is 16.4. The lowest BCUT2D eigenvalue weighted by Crippen LogP contribution is -2.39. The summed E-state index contributed by atoms with van der Waals surface area (Å²) in [6.45, 7) is 5.16. The lowest BCUT2D eigenvalue weighted by molar-refractivity contribution is -0.136. The molecule has 2 heterocycles. The molecule has 0 amide bonds. The normalized spacial score (nSPS) is 23.7. The van der Waals surface area contributed by atoms with Crippen molar-refractivity contribution in [2.45, 2.75) is 25.3 Å².